The van der Waals surface area contributed by atoms with Gasteiger partial charge in [-0.3, -0.25) is 4.79 Å². The average Bonchev–Trinajstić information content (AvgIpc) is 2.95. The molecule has 110 valence electrons. The van der Waals surface area contributed by atoms with Crippen LogP contribution < -0.4 is 0 Å². The number of pyridine rings is 1. The molecule has 4 nitrogen and oxygen atoms in total. The molecule has 0 unspecified atom stereocenters. The predicted octanol–water partition coefficient (Wildman–Crippen LogP) is 3.35. The number of ether oxygens (including phenoxy) is 1. The summed E-state index contributed by atoms with van der Waals surface area (Å²) in [7, 11) is 0. The van der Waals surface area contributed by atoms with Crippen LogP contribution in [0.4, 0.5) is 0 Å². The van der Waals surface area contributed by atoms with Gasteiger partial charge < -0.3 is 9.14 Å². The van der Waals surface area contributed by atoms with E-state index in [1.807, 2.05) is 30.3 Å². The van der Waals surface area contributed by atoms with Crippen molar-refractivity contribution >= 4 is 17.3 Å². The van der Waals surface area contributed by atoms with Gasteiger partial charge in [0.25, 0.3) is 0 Å². The van der Waals surface area contributed by atoms with Crippen molar-refractivity contribution in [3.63, 3.8) is 0 Å². The second kappa shape index (κ2) is 5.85. The summed E-state index contributed by atoms with van der Waals surface area (Å²) in [6.07, 6.45) is 1.77. The standard InChI is InChI=1S/C18H15NO3/c1-2-22-18(21)14-12-16(19-11-7-6-10-15(14)19)17(20)13-8-4-3-5-9-13/h3-12H,2H2,1H3. The van der Waals surface area contributed by atoms with Crippen LogP contribution in [-0.2, 0) is 4.74 Å². The first kappa shape index (κ1) is 14.1. The van der Waals surface area contributed by atoms with E-state index in [9.17, 15) is 9.59 Å². The van der Waals surface area contributed by atoms with E-state index in [0.29, 0.717) is 28.9 Å². The number of aromatic nitrogens is 1. The SMILES string of the molecule is CCOC(=O)c1cc(C(=O)c2ccccc2)n2ccccc12. The van der Waals surface area contributed by atoms with E-state index in [1.165, 1.54) is 0 Å². The maximum Gasteiger partial charge on any atom is 0.340 e. The fraction of sp³-hybridized carbons (Fsp3) is 0.111. The summed E-state index contributed by atoms with van der Waals surface area (Å²) in [6.45, 7) is 2.05. The maximum absolute atomic E-state index is 12.7. The van der Waals surface area contributed by atoms with E-state index >= 15 is 0 Å². The van der Waals surface area contributed by atoms with Crippen molar-refractivity contribution in [1.29, 1.82) is 0 Å². The van der Waals surface area contributed by atoms with Crippen LogP contribution in [0.15, 0.2) is 60.8 Å². The molecule has 0 aliphatic rings. The summed E-state index contributed by atoms with van der Waals surface area (Å²) >= 11 is 0. The van der Waals surface area contributed by atoms with E-state index in [0.717, 1.165) is 0 Å². The lowest BCUT2D eigenvalue weighted by Gasteiger charge is -2.02. The van der Waals surface area contributed by atoms with Gasteiger partial charge in [0.1, 0.15) is 0 Å². The molecule has 0 aliphatic heterocycles. The summed E-state index contributed by atoms with van der Waals surface area (Å²) in [4.78, 5) is 24.8. The summed E-state index contributed by atoms with van der Waals surface area (Å²) in [6, 6.07) is 16.1. The second-order valence-corrected chi connectivity index (χ2v) is 4.81. The van der Waals surface area contributed by atoms with Gasteiger partial charge in [-0.2, -0.15) is 0 Å². The lowest BCUT2D eigenvalue weighted by atomic mass is 10.1. The zero-order chi connectivity index (χ0) is 15.5. The second-order valence-electron chi connectivity index (χ2n) is 4.81. The zero-order valence-corrected chi connectivity index (χ0v) is 12.2. The number of ketones is 1. The third kappa shape index (κ3) is 2.39. The van der Waals surface area contributed by atoms with Gasteiger partial charge in [-0.25, -0.2) is 4.79 Å². The van der Waals surface area contributed by atoms with Crippen molar-refractivity contribution in [1.82, 2.24) is 4.40 Å². The highest BCUT2D eigenvalue weighted by molar-refractivity contribution is 6.11. The van der Waals surface area contributed by atoms with Gasteiger partial charge in [0.15, 0.2) is 0 Å². The van der Waals surface area contributed by atoms with Crippen molar-refractivity contribution in [3.8, 4) is 0 Å². The van der Waals surface area contributed by atoms with Crippen molar-refractivity contribution in [2.45, 2.75) is 6.92 Å². The Balaban J connectivity index is 2.15. The van der Waals surface area contributed by atoms with Gasteiger partial charge in [-0.1, -0.05) is 36.4 Å². The third-order valence-corrected chi connectivity index (χ3v) is 3.44. The fourth-order valence-corrected chi connectivity index (χ4v) is 2.44. The Morgan fingerprint density at radius 2 is 1.77 bits per heavy atom. The van der Waals surface area contributed by atoms with Crippen LogP contribution in [-0.4, -0.2) is 22.8 Å². The first-order valence-corrected chi connectivity index (χ1v) is 7.09. The van der Waals surface area contributed by atoms with Crippen LogP contribution in [0.5, 0.6) is 0 Å². The smallest absolute Gasteiger partial charge is 0.340 e. The highest BCUT2D eigenvalue weighted by atomic mass is 16.5. The Hall–Kier alpha value is -2.88. The molecule has 1 aromatic carbocycles. The van der Waals surface area contributed by atoms with Crippen LogP contribution in [0, 0.1) is 0 Å². The normalized spacial score (nSPS) is 10.6. The molecule has 2 aromatic heterocycles. The van der Waals surface area contributed by atoms with Crippen molar-refractivity contribution in [2.24, 2.45) is 0 Å². The lowest BCUT2D eigenvalue weighted by Crippen LogP contribution is -2.04. The molecule has 0 fully saturated rings. The molecule has 3 aromatic rings. The Labute approximate surface area is 128 Å². The van der Waals surface area contributed by atoms with Crippen molar-refractivity contribution in [2.75, 3.05) is 6.61 Å². The molecule has 0 saturated carbocycles. The summed E-state index contributed by atoms with van der Waals surface area (Å²) in [5.74, 6) is -0.546. The van der Waals surface area contributed by atoms with Gasteiger partial charge in [0.2, 0.25) is 5.78 Å². The van der Waals surface area contributed by atoms with Crippen LogP contribution in [0.3, 0.4) is 0 Å². The van der Waals surface area contributed by atoms with Gasteiger partial charge in [0, 0.05) is 11.8 Å². The molecule has 2 heterocycles. The number of fused-ring (bicyclic) bond motifs is 1. The van der Waals surface area contributed by atoms with E-state index in [-0.39, 0.29) is 5.78 Å². The molecular formula is C18H15NO3. The third-order valence-electron chi connectivity index (χ3n) is 3.44. The minimum absolute atomic E-state index is 0.127. The molecule has 0 atom stereocenters. The number of benzene rings is 1. The van der Waals surface area contributed by atoms with Crippen LogP contribution in [0.1, 0.15) is 33.3 Å². The minimum Gasteiger partial charge on any atom is -0.462 e. The number of nitrogens with zero attached hydrogens (tertiary/aromatic N) is 1. The van der Waals surface area contributed by atoms with Crippen LogP contribution in [0.25, 0.3) is 5.52 Å². The number of hydrogen-bond acceptors (Lipinski definition) is 3. The van der Waals surface area contributed by atoms with E-state index < -0.39 is 5.97 Å². The number of carbonyl (C=O) groups is 2. The molecule has 0 spiro atoms. The molecule has 0 saturated heterocycles. The molecule has 0 aliphatic carbocycles. The molecule has 0 bridgehead atoms. The molecular weight excluding hydrogens is 278 g/mol. The fourth-order valence-electron chi connectivity index (χ4n) is 2.44. The Bertz CT molecular complexity index is 834. The average molecular weight is 293 g/mol. The summed E-state index contributed by atoms with van der Waals surface area (Å²) in [5.41, 5.74) is 2.10. The summed E-state index contributed by atoms with van der Waals surface area (Å²) in [5, 5.41) is 0. The van der Waals surface area contributed by atoms with Crippen molar-refractivity contribution < 1.29 is 14.3 Å². The highest BCUT2D eigenvalue weighted by Gasteiger charge is 2.20. The molecule has 0 radical (unpaired) electrons. The Morgan fingerprint density at radius 1 is 1.05 bits per heavy atom. The summed E-state index contributed by atoms with van der Waals surface area (Å²) < 4.78 is 6.80. The number of hydrogen-bond donors (Lipinski definition) is 0. The Morgan fingerprint density at radius 3 is 2.50 bits per heavy atom. The topological polar surface area (TPSA) is 47.8 Å². The molecule has 0 amide bonds. The molecule has 3 rings (SSSR count). The Kier molecular flexibility index (Phi) is 3.74. The predicted molar refractivity (Wildman–Crippen MR) is 83.2 cm³/mol. The molecule has 4 heteroatoms. The maximum atomic E-state index is 12.7. The molecule has 22 heavy (non-hydrogen) atoms. The number of carbonyl (C=O) groups excluding carboxylic acids is 2. The van der Waals surface area contributed by atoms with Crippen molar-refractivity contribution in [3.05, 3.63) is 77.6 Å². The van der Waals surface area contributed by atoms with Gasteiger partial charge >= 0.3 is 5.97 Å². The molecule has 0 N–H and O–H groups in total. The van der Waals surface area contributed by atoms with Crippen LogP contribution >= 0.6 is 0 Å². The first-order chi connectivity index (χ1) is 10.7. The van der Waals surface area contributed by atoms with Gasteiger partial charge in [-0.05, 0) is 25.1 Å². The van der Waals surface area contributed by atoms with E-state index in [1.54, 1.807) is 41.8 Å². The quantitative estimate of drug-likeness (QED) is 0.547. The minimum atomic E-state index is -0.418. The van der Waals surface area contributed by atoms with E-state index in [4.69, 9.17) is 4.74 Å². The first-order valence-electron chi connectivity index (χ1n) is 7.09. The van der Waals surface area contributed by atoms with Gasteiger partial charge in [0.05, 0.1) is 23.4 Å². The van der Waals surface area contributed by atoms with Crippen LogP contribution in [0.2, 0.25) is 0 Å². The zero-order valence-electron chi connectivity index (χ0n) is 12.2. The number of rotatable bonds is 4. The van der Waals surface area contributed by atoms with E-state index in [2.05, 4.69) is 0 Å². The number of esters is 1. The monoisotopic (exact) mass is 293 g/mol. The van der Waals surface area contributed by atoms with Gasteiger partial charge in [-0.15, -0.1) is 0 Å². The highest BCUT2D eigenvalue weighted by Crippen LogP contribution is 2.20. The lowest BCUT2D eigenvalue weighted by molar-refractivity contribution is 0.0529. The largest absolute Gasteiger partial charge is 0.462 e.